The lowest BCUT2D eigenvalue weighted by Crippen LogP contribution is -2.58. The highest BCUT2D eigenvalue weighted by Gasteiger charge is 2.31. The van der Waals surface area contributed by atoms with E-state index in [1.807, 2.05) is 13.8 Å². The van der Waals surface area contributed by atoms with Crippen LogP contribution < -0.4 is 49.4 Å². The number of nitrogens with two attached hydrogens (primary N) is 3. The third kappa shape index (κ3) is 14.2. The van der Waals surface area contributed by atoms with E-state index in [2.05, 4.69) is 26.6 Å². The fourth-order valence-corrected chi connectivity index (χ4v) is 5.31. The largest absolute Gasteiger partial charge is 0.423 e. The number of benzene rings is 1. The Labute approximate surface area is 295 Å². The Morgan fingerprint density at radius 1 is 0.765 bits per heavy atom. The summed E-state index contributed by atoms with van der Waals surface area (Å²) in [5, 5.41) is 13.6. The zero-order valence-electron chi connectivity index (χ0n) is 29.5. The van der Waals surface area contributed by atoms with Crippen LogP contribution in [-0.2, 0) is 40.0 Å². The lowest BCUT2D eigenvalue weighted by Gasteiger charge is -2.27. The van der Waals surface area contributed by atoms with Crippen molar-refractivity contribution in [2.24, 2.45) is 23.1 Å². The van der Waals surface area contributed by atoms with Crippen molar-refractivity contribution >= 4 is 58.0 Å². The standard InChI is InChI=1S/C34H50N8O9/c1-5-23(38-19(4)43)31(47)40-24(8-6-7-13-35)33(49)42-26(14-18(2)3)34(50)41-25(11-12-28(36)44)32(48)39-21-9-10-22-20(15-29(37)45)16-30(46)51-27(22)17-21/h9-10,16-18,23-26H,5-8,11-15,35H2,1-4H3,(H2,36,44)(H2,37,45)(H,38,43)(H,39,48)(H,40,47)(H,41,50)(H,42,49)/t23-,24-,25-,26-/m0/s1. The van der Waals surface area contributed by atoms with Crippen molar-refractivity contribution in [1.82, 2.24) is 21.3 Å². The van der Waals surface area contributed by atoms with Gasteiger partial charge >= 0.3 is 5.63 Å². The highest BCUT2D eigenvalue weighted by molar-refractivity contribution is 6.00. The maximum atomic E-state index is 13.7. The molecule has 0 bridgehead atoms. The first kappa shape index (κ1) is 41.8. The monoisotopic (exact) mass is 714 g/mol. The SMILES string of the molecule is CC[C@H](NC(C)=O)C(=O)N[C@@H](CCCCN)C(=O)N[C@@H](CC(C)C)C(=O)N[C@@H](CCC(N)=O)C(=O)Nc1ccc2c(CC(N)=O)cc(=O)oc2c1. The number of anilines is 1. The van der Waals surface area contributed by atoms with Gasteiger partial charge < -0.3 is 48.2 Å². The molecule has 0 aliphatic carbocycles. The summed E-state index contributed by atoms with van der Waals surface area (Å²) in [6.45, 7) is 7.01. The third-order valence-electron chi connectivity index (χ3n) is 7.80. The zero-order valence-corrected chi connectivity index (χ0v) is 29.5. The Bertz CT molecular complexity index is 1640. The molecule has 0 fully saturated rings. The van der Waals surface area contributed by atoms with Crippen molar-refractivity contribution in [1.29, 1.82) is 0 Å². The molecule has 0 aliphatic heterocycles. The van der Waals surface area contributed by atoms with Crippen molar-refractivity contribution in [3.05, 3.63) is 40.2 Å². The molecule has 4 atom stereocenters. The predicted octanol–water partition coefficient (Wildman–Crippen LogP) is -0.431. The van der Waals surface area contributed by atoms with Crippen LogP contribution in [0, 0.1) is 5.92 Å². The summed E-state index contributed by atoms with van der Waals surface area (Å²) in [6.07, 6.45) is 1.07. The average Bonchev–Trinajstić information content (AvgIpc) is 3.03. The van der Waals surface area contributed by atoms with Crippen LogP contribution in [0.15, 0.2) is 33.5 Å². The van der Waals surface area contributed by atoms with E-state index in [4.69, 9.17) is 21.6 Å². The molecule has 51 heavy (non-hydrogen) atoms. The van der Waals surface area contributed by atoms with E-state index in [-0.39, 0.29) is 55.7 Å². The van der Waals surface area contributed by atoms with Gasteiger partial charge in [0.25, 0.3) is 0 Å². The molecule has 0 unspecified atom stereocenters. The highest BCUT2D eigenvalue weighted by atomic mass is 16.4. The van der Waals surface area contributed by atoms with Gasteiger partial charge in [-0.15, -0.1) is 0 Å². The van der Waals surface area contributed by atoms with E-state index in [0.717, 1.165) is 6.07 Å². The third-order valence-corrected chi connectivity index (χ3v) is 7.80. The fourth-order valence-electron chi connectivity index (χ4n) is 5.31. The van der Waals surface area contributed by atoms with E-state index in [1.54, 1.807) is 6.92 Å². The second kappa shape index (κ2) is 20.4. The van der Waals surface area contributed by atoms with Crippen LogP contribution in [0.25, 0.3) is 11.0 Å². The lowest BCUT2D eigenvalue weighted by atomic mass is 10.0. The molecule has 7 amide bonds. The van der Waals surface area contributed by atoms with Crippen molar-refractivity contribution < 1.29 is 38.0 Å². The van der Waals surface area contributed by atoms with Crippen LogP contribution in [0.1, 0.15) is 78.2 Å². The maximum Gasteiger partial charge on any atom is 0.336 e. The number of hydrogen-bond acceptors (Lipinski definition) is 10. The number of carbonyl (C=O) groups is 7. The van der Waals surface area contributed by atoms with Crippen LogP contribution in [0.3, 0.4) is 0 Å². The Kier molecular flexibility index (Phi) is 16.7. The first-order chi connectivity index (χ1) is 24.0. The van der Waals surface area contributed by atoms with E-state index >= 15 is 0 Å². The molecule has 0 spiro atoms. The van der Waals surface area contributed by atoms with Crippen molar-refractivity contribution in [3.63, 3.8) is 0 Å². The van der Waals surface area contributed by atoms with Crippen LogP contribution >= 0.6 is 0 Å². The molecule has 0 aliphatic rings. The lowest BCUT2D eigenvalue weighted by molar-refractivity contribution is -0.134. The van der Waals surface area contributed by atoms with E-state index in [0.29, 0.717) is 30.3 Å². The van der Waals surface area contributed by atoms with Crippen LogP contribution in [-0.4, -0.2) is 72.1 Å². The van der Waals surface area contributed by atoms with Gasteiger partial charge in [0.1, 0.15) is 29.8 Å². The van der Waals surface area contributed by atoms with Gasteiger partial charge in [0.05, 0.1) is 6.42 Å². The minimum absolute atomic E-state index is 0.0735. The molecule has 280 valence electrons. The maximum absolute atomic E-state index is 13.7. The average molecular weight is 715 g/mol. The molecule has 0 radical (unpaired) electrons. The van der Waals surface area contributed by atoms with E-state index < -0.39 is 71.1 Å². The predicted molar refractivity (Wildman–Crippen MR) is 188 cm³/mol. The molecule has 1 heterocycles. The molecular weight excluding hydrogens is 664 g/mol. The second-order valence-electron chi connectivity index (χ2n) is 12.7. The van der Waals surface area contributed by atoms with E-state index in [1.165, 1.54) is 25.1 Å². The summed E-state index contributed by atoms with van der Waals surface area (Å²) in [5.74, 6) is -4.55. The molecule has 0 saturated heterocycles. The van der Waals surface area contributed by atoms with E-state index in [9.17, 15) is 38.4 Å². The van der Waals surface area contributed by atoms with Gasteiger partial charge in [0.2, 0.25) is 41.4 Å². The summed E-state index contributed by atoms with van der Waals surface area (Å²) in [4.78, 5) is 101. The van der Waals surface area contributed by atoms with Gasteiger partial charge in [0, 0.05) is 36.6 Å². The summed E-state index contributed by atoms with van der Waals surface area (Å²) >= 11 is 0. The van der Waals surface area contributed by atoms with Crippen molar-refractivity contribution in [2.45, 2.75) is 103 Å². The molecule has 17 nitrogen and oxygen atoms in total. The topological polar surface area (TPSA) is 288 Å². The second-order valence-corrected chi connectivity index (χ2v) is 12.7. The Morgan fingerprint density at radius 3 is 1.94 bits per heavy atom. The van der Waals surface area contributed by atoms with Crippen LogP contribution in [0.4, 0.5) is 5.69 Å². The smallest absolute Gasteiger partial charge is 0.336 e. The summed E-state index contributed by atoms with van der Waals surface area (Å²) in [6, 6.07) is 1.17. The Balaban J connectivity index is 2.32. The van der Waals surface area contributed by atoms with Gasteiger partial charge in [-0.25, -0.2) is 4.79 Å². The van der Waals surface area contributed by atoms with Crippen LogP contribution in [0.5, 0.6) is 0 Å². The number of amides is 7. The number of nitrogens with one attached hydrogen (secondary N) is 5. The number of primary amides is 2. The molecule has 2 aromatic rings. The van der Waals surface area contributed by atoms with Gasteiger partial charge in [0.15, 0.2) is 0 Å². The summed E-state index contributed by atoms with van der Waals surface area (Å²) in [5.41, 5.74) is 16.1. The van der Waals surface area contributed by atoms with Crippen LogP contribution in [0.2, 0.25) is 0 Å². The molecule has 17 heteroatoms. The molecule has 0 saturated carbocycles. The Morgan fingerprint density at radius 2 is 1.37 bits per heavy atom. The fraction of sp³-hybridized carbons (Fsp3) is 0.529. The van der Waals surface area contributed by atoms with Gasteiger partial charge in [-0.3, -0.25) is 33.6 Å². The van der Waals surface area contributed by atoms with Gasteiger partial charge in [-0.05, 0) is 68.7 Å². The molecule has 11 N–H and O–H groups in total. The van der Waals surface area contributed by atoms with Gasteiger partial charge in [-0.2, -0.15) is 0 Å². The summed E-state index contributed by atoms with van der Waals surface area (Å²) < 4.78 is 5.24. The minimum Gasteiger partial charge on any atom is -0.423 e. The normalized spacial score (nSPS) is 13.4. The molecule has 1 aromatic heterocycles. The zero-order chi connectivity index (χ0) is 38.2. The number of carbonyl (C=O) groups excluding carboxylic acids is 7. The molecule has 1 aromatic carbocycles. The number of rotatable bonds is 21. The number of fused-ring (bicyclic) bond motifs is 1. The quantitative estimate of drug-likeness (QED) is 0.0610. The van der Waals surface area contributed by atoms with Crippen molar-refractivity contribution in [2.75, 3.05) is 11.9 Å². The van der Waals surface area contributed by atoms with Crippen molar-refractivity contribution in [3.8, 4) is 0 Å². The highest BCUT2D eigenvalue weighted by Crippen LogP contribution is 2.22. The molecule has 2 rings (SSSR count). The number of hydrogen-bond donors (Lipinski definition) is 8. The summed E-state index contributed by atoms with van der Waals surface area (Å²) in [7, 11) is 0. The number of unbranched alkanes of at least 4 members (excludes halogenated alkanes) is 1. The first-order valence-electron chi connectivity index (χ1n) is 16.9. The molecular formula is C34H50N8O9. The first-order valence-corrected chi connectivity index (χ1v) is 16.9. The minimum atomic E-state index is -1.29. The Hall–Kier alpha value is -5.32. The van der Waals surface area contributed by atoms with Gasteiger partial charge in [-0.1, -0.05) is 20.8 Å².